The van der Waals surface area contributed by atoms with Gasteiger partial charge < -0.3 is 19.9 Å². The Hall–Kier alpha value is -3.80. The number of phenolic OH excluding ortho intramolecular Hbond substituents is 1. The average Bonchev–Trinajstić information content (AvgIpc) is 2.75. The van der Waals surface area contributed by atoms with Gasteiger partial charge in [0.2, 0.25) is 0 Å². The van der Waals surface area contributed by atoms with Crippen LogP contribution in [0.2, 0.25) is 0 Å². The smallest absolute Gasteiger partial charge is 0.338 e. The number of ether oxygens (including phenoxy) is 2. The Labute approximate surface area is 168 Å². The molecule has 0 saturated carbocycles. The molecule has 0 bridgehead atoms. The van der Waals surface area contributed by atoms with Gasteiger partial charge >= 0.3 is 5.97 Å². The van der Waals surface area contributed by atoms with Crippen molar-refractivity contribution in [1.82, 2.24) is 0 Å². The Bertz CT molecular complexity index is 979. The summed E-state index contributed by atoms with van der Waals surface area (Å²) in [7, 11) is 1.56. The molecular weight excluding hydrogens is 370 g/mol. The molecule has 0 aromatic heterocycles. The molecule has 148 valence electrons. The highest BCUT2D eigenvalue weighted by atomic mass is 16.5. The number of rotatable bonds is 6. The topological polar surface area (TPSA) is 84.9 Å². The first-order chi connectivity index (χ1) is 14.0. The van der Waals surface area contributed by atoms with Crippen LogP contribution in [0, 0.1) is 0 Å². The van der Waals surface area contributed by atoms with Gasteiger partial charge in [-0.3, -0.25) is 4.79 Å². The molecule has 0 radical (unpaired) electrons. The number of esters is 1. The third-order valence-electron chi connectivity index (χ3n) is 4.33. The highest BCUT2D eigenvalue weighted by Crippen LogP contribution is 2.22. The van der Waals surface area contributed by atoms with Gasteiger partial charge in [0.25, 0.3) is 5.91 Å². The van der Waals surface area contributed by atoms with Gasteiger partial charge in [-0.25, -0.2) is 4.79 Å². The number of nitrogens with one attached hydrogen (secondary N) is 1. The van der Waals surface area contributed by atoms with E-state index < -0.39 is 18.0 Å². The number of carbonyl (C=O) groups excluding carboxylic acids is 2. The summed E-state index contributed by atoms with van der Waals surface area (Å²) in [5.41, 5.74) is 2.73. The fraction of sp³-hybridized carbons (Fsp3) is 0.130. The molecule has 3 aromatic carbocycles. The molecular formula is C23H21NO5. The van der Waals surface area contributed by atoms with E-state index in [0.29, 0.717) is 17.0 Å². The summed E-state index contributed by atoms with van der Waals surface area (Å²) in [5.74, 6) is -0.141. The summed E-state index contributed by atoms with van der Waals surface area (Å²) in [5, 5.41) is 12.1. The zero-order valence-electron chi connectivity index (χ0n) is 16.1. The minimum Gasteiger partial charge on any atom is -0.508 e. The Morgan fingerprint density at radius 1 is 0.862 bits per heavy atom. The van der Waals surface area contributed by atoms with Crippen molar-refractivity contribution in [3.05, 3.63) is 78.4 Å². The minimum absolute atomic E-state index is 0.191. The molecule has 0 aliphatic carbocycles. The van der Waals surface area contributed by atoms with Crippen molar-refractivity contribution in [2.75, 3.05) is 12.4 Å². The third-order valence-corrected chi connectivity index (χ3v) is 4.33. The van der Waals surface area contributed by atoms with Crippen LogP contribution in [0.1, 0.15) is 17.3 Å². The maximum atomic E-state index is 12.3. The van der Waals surface area contributed by atoms with Crippen LogP contribution < -0.4 is 10.1 Å². The lowest BCUT2D eigenvalue weighted by molar-refractivity contribution is -0.123. The fourth-order valence-electron chi connectivity index (χ4n) is 2.65. The number of hydrogen-bond donors (Lipinski definition) is 2. The van der Waals surface area contributed by atoms with E-state index in [-0.39, 0.29) is 5.75 Å². The van der Waals surface area contributed by atoms with Crippen molar-refractivity contribution in [3.63, 3.8) is 0 Å². The Morgan fingerprint density at radius 2 is 1.41 bits per heavy atom. The molecule has 3 aromatic rings. The number of benzene rings is 3. The lowest BCUT2D eigenvalue weighted by Crippen LogP contribution is -2.29. The largest absolute Gasteiger partial charge is 0.508 e. The van der Waals surface area contributed by atoms with Crippen molar-refractivity contribution in [2.45, 2.75) is 13.0 Å². The molecule has 2 N–H and O–H groups in total. The number of amides is 1. The number of methoxy groups -OCH3 is 1. The predicted molar refractivity (Wildman–Crippen MR) is 110 cm³/mol. The van der Waals surface area contributed by atoms with Crippen molar-refractivity contribution < 1.29 is 24.2 Å². The lowest BCUT2D eigenvalue weighted by Gasteiger charge is -2.14. The van der Waals surface area contributed by atoms with Gasteiger partial charge in [0.05, 0.1) is 12.7 Å². The second kappa shape index (κ2) is 8.93. The van der Waals surface area contributed by atoms with Gasteiger partial charge in [0.1, 0.15) is 11.5 Å². The third kappa shape index (κ3) is 5.13. The van der Waals surface area contributed by atoms with E-state index in [1.165, 1.54) is 6.92 Å². The molecule has 29 heavy (non-hydrogen) atoms. The van der Waals surface area contributed by atoms with E-state index in [9.17, 15) is 14.7 Å². The molecule has 0 aliphatic rings. The predicted octanol–water partition coefficient (Wildman–Crippen LogP) is 4.25. The molecule has 0 unspecified atom stereocenters. The van der Waals surface area contributed by atoms with Crippen molar-refractivity contribution in [1.29, 1.82) is 0 Å². The highest BCUT2D eigenvalue weighted by Gasteiger charge is 2.19. The van der Waals surface area contributed by atoms with E-state index in [1.54, 1.807) is 79.9 Å². The number of carbonyl (C=O) groups is 2. The number of anilines is 1. The van der Waals surface area contributed by atoms with Gasteiger partial charge in [-0.05, 0) is 66.6 Å². The maximum absolute atomic E-state index is 12.3. The summed E-state index contributed by atoms with van der Waals surface area (Å²) >= 11 is 0. The van der Waals surface area contributed by atoms with Crippen LogP contribution in [0.4, 0.5) is 5.69 Å². The van der Waals surface area contributed by atoms with E-state index in [2.05, 4.69) is 5.32 Å². The van der Waals surface area contributed by atoms with Crippen LogP contribution in [-0.4, -0.2) is 30.2 Å². The zero-order chi connectivity index (χ0) is 20.8. The fourth-order valence-corrected chi connectivity index (χ4v) is 2.65. The zero-order valence-corrected chi connectivity index (χ0v) is 16.1. The van der Waals surface area contributed by atoms with Gasteiger partial charge in [0, 0.05) is 5.69 Å². The molecule has 1 atom stereocenters. The highest BCUT2D eigenvalue weighted by molar-refractivity contribution is 5.97. The van der Waals surface area contributed by atoms with Gasteiger partial charge in [-0.15, -0.1) is 0 Å². The normalized spacial score (nSPS) is 11.4. The summed E-state index contributed by atoms with van der Waals surface area (Å²) < 4.78 is 10.3. The number of aromatic hydroxyl groups is 1. The standard InChI is InChI=1S/C23H21NO5/c1-15(22(26)24-19-9-13-21(28-2)14-10-19)29-23(27)18-5-3-16(4-6-18)17-7-11-20(25)12-8-17/h3-15,25H,1-2H3,(H,24,26)/t15-/m0/s1. The Balaban J connectivity index is 1.59. The summed E-state index contributed by atoms with van der Waals surface area (Å²) in [6.07, 6.45) is -0.957. The van der Waals surface area contributed by atoms with Crippen LogP contribution in [0.5, 0.6) is 11.5 Å². The molecule has 0 aliphatic heterocycles. The SMILES string of the molecule is COc1ccc(NC(=O)[C@H](C)OC(=O)c2ccc(-c3ccc(O)cc3)cc2)cc1. The van der Waals surface area contributed by atoms with E-state index in [4.69, 9.17) is 9.47 Å². The van der Waals surface area contributed by atoms with Crippen LogP contribution in [-0.2, 0) is 9.53 Å². The van der Waals surface area contributed by atoms with Gasteiger partial charge in [-0.1, -0.05) is 24.3 Å². The van der Waals surface area contributed by atoms with Crippen LogP contribution >= 0.6 is 0 Å². The summed E-state index contributed by atoms with van der Waals surface area (Å²) in [4.78, 5) is 24.6. The first-order valence-corrected chi connectivity index (χ1v) is 9.01. The summed E-state index contributed by atoms with van der Waals surface area (Å²) in [6, 6.07) is 20.5. The maximum Gasteiger partial charge on any atom is 0.338 e. The average molecular weight is 391 g/mol. The molecule has 1 amide bonds. The van der Waals surface area contributed by atoms with Crippen LogP contribution in [0.15, 0.2) is 72.8 Å². The van der Waals surface area contributed by atoms with E-state index in [0.717, 1.165) is 11.1 Å². The minimum atomic E-state index is -0.957. The van der Waals surface area contributed by atoms with Crippen molar-refractivity contribution in [3.8, 4) is 22.6 Å². The first kappa shape index (κ1) is 19.9. The molecule has 0 saturated heterocycles. The lowest BCUT2D eigenvalue weighted by atomic mass is 10.0. The number of phenols is 1. The molecule has 0 fully saturated rings. The molecule has 3 rings (SSSR count). The van der Waals surface area contributed by atoms with E-state index >= 15 is 0 Å². The molecule has 6 nitrogen and oxygen atoms in total. The second-order valence-electron chi connectivity index (χ2n) is 6.39. The van der Waals surface area contributed by atoms with Gasteiger partial charge in [-0.2, -0.15) is 0 Å². The van der Waals surface area contributed by atoms with Gasteiger partial charge in [0.15, 0.2) is 6.10 Å². The Morgan fingerprint density at radius 3 is 1.97 bits per heavy atom. The molecule has 0 heterocycles. The second-order valence-corrected chi connectivity index (χ2v) is 6.39. The quantitative estimate of drug-likeness (QED) is 0.614. The first-order valence-electron chi connectivity index (χ1n) is 9.01. The number of hydrogen-bond acceptors (Lipinski definition) is 5. The van der Waals surface area contributed by atoms with Crippen LogP contribution in [0.25, 0.3) is 11.1 Å². The van der Waals surface area contributed by atoms with Crippen LogP contribution in [0.3, 0.4) is 0 Å². The summed E-state index contributed by atoms with van der Waals surface area (Å²) in [6.45, 7) is 1.52. The monoisotopic (exact) mass is 391 g/mol. The molecule has 0 spiro atoms. The van der Waals surface area contributed by atoms with Crippen molar-refractivity contribution in [2.24, 2.45) is 0 Å². The van der Waals surface area contributed by atoms with Crippen molar-refractivity contribution >= 4 is 17.6 Å². The molecule has 6 heteroatoms. The van der Waals surface area contributed by atoms with E-state index in [1.807, 2.05) is 0 Å². The Kier molecular flexibility index (Phi) is 6.14.